The fourth-order valence-corrected chi connectivity index (χ4v) is 4.37. The van der Waals surface area contributed by atoms with Crippen molar-refractivity contribution in [2.24, 2.45) is 5.92 Å². The van der Waals surface area contributed by atoms with Gasteiger partial charge in [0, 0.05) is 42.8 Å². The van der Waals surface area contributed by atoms with Crippen LogP contribution >= 0.6 is 0 Å². The van der Waals surface area contributed by atoms with Crippen molar-refractivity contribution in [1.29, 1.82) is 0 Å². The van der Waals surface area contributed by atoms with E-state index in [9.17, 15) is 0 Å². The second-order valence-corrected chi connectivity index (χ2v) is 7.44. The molecule has 2 aliphatic heterocycles. The average molecular weight is 312 g/mol. The lowest BCUT2D eigenvalue weighted by atomic mass is 9.92. The van der Waals surface area contributed by atoms with Crippen molar-refractivity contribution in [3.8, 4) is 0 Å². The Labute approximate surface area is 138 Å². The summed E-state index contributed by atoms with van der Waals surface area (Å²) >= 11 is 0. The highest BCUT2D eigenvalue weighted by molar-refractivity contribution is 5.81. The quantitative estimate of drug-likeness (QED) is 0.914. The molecule has 4 heteroatoms. The molecule has 2 saturated heterocycles. The predicted octanol–water partition coefficient (Wildman–Crippen LogP) is 3.26. The van der Waals surface area contributed by atoms with E-state index in [0.29, 0.717) is 5.92 Å². The summed E-state index contributed by atoms with van der Waals surface area (Å²) in [4.78, 5) is 10.9. The molecule has 4 heterocycles. The van der Waals surface area contributed by atoms with Crippen LogP contribution in [0.5, 0.6) is 0 Å². The molecule has 0 amide bonds. The Balaban J connectivity index is 1.67. The van der Waals surface area contributed by atoms with E-state index in [1.54, 1.807) is 0 Å². The van der Waals surface area contributed by atoms with Gasteiger partial charge < -0.3 is 10.3 Å². The van der Waals surface area contributed by atoms with Crippen LogP contribution in [-0.4, -0.2) is 41.0 Å². The highest BCUT2D eigenvalue weighted by Crippen LogP contribution is 2.32. The first-order chi connectivity index (χ1) is 11.3. The number of piperidine rings is 2. The van der Waals surface area contributed by atoms with Crippen LogP contribution in [0.3, 0.4) is 0 Å². The normalized spacial score (nSPS) is 26.7. The van der Waals surface area contributed by atoms with Gasteiger partial charge in [0.15, 0.2) is 0 Å². The van der Waals surface area contributed by atoms with E-state index < -0.39 is 0 Å². The lowest BCUT2D eigenvalue weighted by molar-refractivity contribution is 0.176. The number of likely N-dealkylation sites (tertiary alicyclic amines) is 1. The molecule has 2 N–H and O–H groups in total. The molecule has 2 aromatic rings. The van der Waals surface area contributed by atoms with E-state index in [1.807, 2.05) is 6.20 Å². The summed E-state index contributed by atoms with van der Waals surface area (Å²) in [6, 6.07) is 4.31. The molecule has 2 unspecified atom stereocenters. The van der Waals surface area contributed by atoms with Crippen LogP contribution in [0.2, 0.25) is 0 Å². The van der Waals surface area contributed by atoms with Crippen LogP contribution in [0.4, 0.5) is 0 Å². The zero-order valence-electron chi connectivity index (χ0n) is 14.1. The van der Waals surface area contributed by atoms with Crippen LogP contribution in [-0.2, 0) is 6.54 Å². The van der Waals surface area contributed by atoms with Crippen molar-refractivity contribution < 1.29 is 0 Å². The number of hydrogen-bond acceptors (Lipinski definition) is 3. The van der Waals surface area contributed by atoms with Crippen molar-refractivity contribution in [2.45, 2.75) is 45.1 Å². The van der Waals surface area contributed by atoms with Crippen molar-refractivity contribution in [3.05, 3.63) is 29.6 Å². The first-order valence-electron chi connectivity index (χ1n) is 9.20. The fraction of sp³-hybridized carbons (Fsp3) is 0.632. The molecule has 2 aliphatic rings. The molecule has 4 nitrogen and oxygen atoms in total. The maximum Gasteiger partial charge on any atom is 0.137 e. The smallest absolute Gasteiger partial charge is 0.137 e. The van der Waals surface area contributed by atoms with Gasteiger partial charge in [-0.3, -0.25) is 4.90 Å². The summed E-state index contributed by atoms with van der Waals surface area (Å²) < 4.78 is 0. The molecule has 23 heavy (non-hydrogen) atoms. The monoisotopic (exact) mass is 312 g/mol. The first kappa shape index (κ1) is 15.2. The highest BCUT2D eigenvalue weighted by Gasteiger charge is 2.25. The summed E-state index contributed by atoms with van der Waals surface area (Å²) in [5.74, 6) is 1.43. The number of rotatable bonds is 3. The second kappa shape index (κ2) is 6.62. The van der Waals surface area contributed by atoms with Crippen molar-refractivity contribution in [2.75, 3.05) is 26.2 Å². The molecule has 0 aromatic carbocycles. The molecule has 0 radical (unpaired) electrons. The Morgan fingerprint density at radius 3 is 3.09 bits per heavy atom. The largest absolute Gasteiger partial charge is 0.343 e. The second-order valence-electron chi connectivity index (χ2n) is 7.44. The van der Waals surface area contributed by atoms with Gasteiger partial charge in [0.1, 0.15) is 5.65 Å². The topological polar surface area (TPSA) is 44.0 Å². The standard InChI is InChI=1S/C19H28N4/c1-14-5-4-10-23(12-14)13-17-16-7-3-9-21-19(16)22-18(17)15-6-2-8-20-11-15/h3,7,9,14-15,20H,2,4-6,8,10-13H2,1H3,(H,21,22). The Hall–Kier alpha value is -1.39. The minimum absolute atomic E-state index is 0.607. The van der Waals surface area contributed by atoms with Gasteiger partial charge in [-0.25, -0.2) is 4.98 Å². The maximum absolute atomic E-state index is 4.57. The zero-order valence-corrected chi connectivity index (χ0v) is 14.1. The molecule has 0 aliphatic carbocycles. The van der Waals surface area contributed by atoms with Crippen LogP contribution in [0.15, 0.2) is 18.3 Å². The average Bonchev–Trinajstić information content (AvgIpc) is 2.95. The molecular weight excluding hydrogens is 284 g/mol. The van der Waals surface area contributed by atoms with Gasteiger partial charge in [-0.1, -0.05) is 6.92 Å². The summed E-state index contributed by atoms with van der Waals surface area (Å²) in [7, 11) is 0. The Kier molecular flexibility index (Phi) is 4.36. The van der Waals surface area contributed by atoms with E-state index in [0.717, 1.165) is 31.2 Å². The van der Waals surface area contributed by atoms with E-state index in [1.165, 1.54) is 55.4 Å². The summed E-state index contributed by atoms with van der Waals surface area (Å²) in [6.07, 6.45) is 7.17. The van der Waals surface area contributed by atoms with Crippen molar-refractivity contribution in [3.63, 3.8) is 0 Å². The molecule has 2 fully saturated rings. The van der Waals surface area contributed by atoms with Gasteiger partial charge in [-0.2, -0.15) is 0 Å². The number of H-pyrrole nitrogens is 1. The number of nitrogens with zero attached hydrogens (tertiary/aromatic N) is 2. The fourth-order valence-electron chi connectivity index (χ4n) is 4.37. The number of fused-ring (bicyclic) bond motifs is 1. The van der Waals surface area contributed by atoms with Crippen LogP contribution in [0, 0.1) is 5.92 Å². The zero-order chi connectivity index (χ0) is 15.6. The molecule has 2 aromatic heterocycles. The lowest BCUT2D eigenvalue weighted by Gasteiger charge is -2.31. The van der Waals surface area contributed by atoms with Crippen LogP contribution in [0.25, 0.3) is 11.0 Å². The summed E-state index contributed by atoms with van der Waals surface area (Å²) in [6.45, 7) is 8.18. The minimum Gasteiger partial charge on any atom is -0.343 e. The van der Waals surface area contributed by atoms with Gasteiger partial charge in [0.2, 0.25) is 0 Å². The van der Waals surface area contributed by atoms with E-state index in [-0.39, 0.29) is 0 Å². The lowest BCUT2D eigenvalue weighted by Crippen LogP contribution is -2.34. The number of nitrogens with one attached hydrogen (secondary N) is 2. The number of aromatic nitrogens is 2. The molecule has 4 rings (SSSR count). The third-order valence-corrected chi connectivity index (χ3v) is 5.54. The van der Waals surface area contributed by atoms with Gasteiger partial charge in [-0.15, -0.1) is 0 Å². The van der Waals surface area contributed by atoms with Gasteiger partial charge >= 0.3 is 0 Å². The van der Waals surface area contributed by atoms with Crippen LogP contribution in [0.1, 0.15) is 49.8 Å². The molecule has 0 saturated carbocycles. The van der Waals surface area contributed by atoms with Gasteiger partial charge in [-0.05, 0) is 62.4 Å². The summed E-state index contributed by atoms with van der Waals surface area (Å²) in [5, 5.41) is 4.89. The highest BCUT2D eigenvalue weighted by atomic mass is 15.1. The molecular formula is C19H28N4. The van der Waals surface area contributed by atoms with Crippen molar-refractivity contribution >= 4 is 11.0 Å². The van der Waals surface area contributed by atoms with Gasteiger partial charge in [0.25, 0.3) is 0 Å². The predicted molar refractivity (Wildman–Crippen MR) is 94.6 cm³/mol. The minimum atomic E-state index is 0.607. The van der Waals surface area contributed by atoms with Gasteiger partial charge in [0.05, 0.1) is 0 Å². The third-order valence-electron chi connectivity index (χ3n) is 5.54. The van der Waals surface area contributed by atoms with E-state index in [2.05, 4.69) is 39.2 Å². The Morgan fingerprint density at radius 1 is 1.30 bits per heavy atom. The Morgan fingerprint density at radius 2 is 2.26 bits per heavy atom. The van der Waals surface area contributed by atoms with E-state index in [4.69, 9.17) is 0 Å². The molecule has 2 atom stereocenters. The Bertz CT molecular complexity index is 656. The van der Waals surface area contributed by atoms with Crippen molar-refractivity contribution in [1.82, 2.24) is 20.2 Å². The number of pyridine rings is 1. The first-order valence-corrected chi connectivity index (χ1v) is 9.20. The third kappa shape index (κ3) is 3.15. The SMILES string of the molecule is CC1CCCN(Cc2c(C3CCCNC3)[nH]c3ncccc23)C1. The number of aromatic amines is 1. The molecule has 124 valence electrons. The van der Waals surface area contributed by atoms with Crippen LogP contribution < -0.4 is 5.32 Å². The molecule has 0 spiro atoms. The molecule has 0 bridgehead atoms. The van der Waals surface area contributed by atoms with E-state index >= 15 is 0 Å². The number of hydrogen-bond donors (Lipinski definition) is 2. The maximum atomic E-state index is 4.57. The summed E-state index contributed by atoms with van der Waals surface area (Å²) in [5.41, 5.74) is 3.99.